The lowest BCUT2D eigenvalue weighted by Gasteiger charge is -1.91. The Hall–Kier alpha value is -0.660. The third-order valence-corrected chi connectivity index (χ3v) is 1.26. The molecule has 8 heavy (non-hydrogen) atoms. The molecule has 0 aliphatic carbocycles. The van der Waals surface area contributed by atoms with Crippen molar-refractivity contribution < 1.29 is 13.2 Å². The van der Waals surface area contributed by atoms with E-state index in [4.69, 9.17) is 0 Å². The van der Waals surface area contributed by atoms with Gasteiger partial charge < -0.3 is 5.73 Å². The molecule has 0 fully saturated rings. The number of rotatable bonds is 1. The fourth-order valence-electron chi connectivity index (χ4n) is 0.0581. The van der Waals surface area contributed by atoms with Crippen molar-refractivity contribution in [2.45, 2.75) is 0 Å². The second-order valence-electron chi connectivity index (χ2n) is 0.940. The topological polar surface area (TPSA) is 115 Å². The van der Waals surface area contributed by atoms with Gasteiger partial charge in [0.15, 0.2) is 0 Å². The molecule has 0 aliphatic rings. The van der Waals surface area contributed by atoms with Gasteiger partial charge in [-0.3, -0.25) is 10.6 Å². The third-order valence-electron chi connectivity index (χ3n) is 0.420. The average Bonchev–Trinajstić information content (AvgIpc) is 1.67. The zero-order chi connectivity index (χ0) is 6.78. The molecule has 6 nitrogen and oxygen atoms in total. The Labute approximate surface area is 45.9 Å². The van der Waals surface area contributed by atoms with Crippen molar-refractivity contribution in [2.75, 3.05) is 0 Å². The minimum absolute atomic E-state index is 1.24. The number of hydrogen-bond acceptors (Lipinski definition) is 4. The van der Waals surface area contributed by atoms with Gasteiger partial charge in [-0.1, -0.05) is 0 Å². The van der Waals surface area contributed by atoms with E-state index in [0.717, 1.165) is 0 Å². The summed E-state index contributed by atoms with van der Waals surface area (Å²) in [6, 6.07) is 0. The van der Waals surface area contributed by atoms with Gasteiger partial charge in [0.2, 0.25) is 0 Å². The summed E-state index contributed by atoms with van der Waals surface area (Å²) < 4.78 is 20.0. The Morgan fingerprint density at radius 2 is 1.88 bits per heavy atom. The van der Waals surface area contributed by atoms with Gasteiger partial charge in [0.1, 0.15) is 0 Å². The molecule has 0 atom stereocenters. The Kier molecular flexibility index (Phi) is 1.90. The van der Waals surface area contributed by atoms with E-state index >= 15 is 0 Å². The maximum absolute atomic E-state index is 9.99. The predicted molar refractivity (Wildman–Crippen MR) is 25.8 cm³/mol. The Morgan fingerprint density at radius 3 is 1.88 bits per heavy atom. The summed E-state index contributed by atoms with van der Waals surface area (Å²) in [5, 5.41) is -1.49. The van der Waals surface area contributed by atoms with E-state index in [-0.39, 0.29) is 0 Å². The Bertz CT molecular complexity index is 181. The third kappa shape index (κ3) is 1.45. The van der Waals surface area contributed by atoms with Crippen LogP contribution in [-0.4, -0.2) is 13.7 Å². The summed E-state index contributed by atoms with van der Waals surface area (Å²) in [5.41, 5.74) is 4.31. The first-order valence-corrected chi connectivity index (χ1v) is 3.01. The molecule has 7 heteroatoms. The smallest absolute Gasteiger partial charge is 0.350 e. The molecule has 0 saturated carbocycles. The summed E-state index contributed by atoms with van der Waals surface area (Å²) in [4.78, 5) is 11.0. The fourth-order valence-corrected chi connectivity index (χ4v) is 0.174. The van der Waals surface area contributed by atoms with Crippen LogP contribution in [0.15, 0.2) is 0 Å². The van der Waals surface area contributed by atoms with Crippen molar-refractivity contribution in [3.63, 3.8) is 0 Å². The summed E-state index contributed by atoms with van der Waals surface area (Å²) in [6.07, 6.45) is 0. The molecule has 0 aromatic heterocycles. The molecule has 5 N–H and O–H groups in total. The number of sulfonamides is 1. The average molecular weight is 139 g/mol. The van der Waals surface area contributed by atoms with E-state index in [0.29, 0.717) is 0 Å². The number of amides is 1. The van der Waals surface area contributed by atoms with Crippen molar-refractivity contribution in [1.29, 1.82) is 0 Å². The molecule has 0 saturated heterocycles. The zero-order valence-corrected chi connectivity index (χ0v) is 4.60. The molecule has 1 amide bonds. The van der Waals surface area contributed by atoms with E-state index in [1.165, 1.54) is 4.83 Å². The molecule has 0 aromatic carbocycles. The number of hydrogen-bond donors (Lipinski definition) is 3. The highest BCUT2D eigenvalue weighted by Crippen LogP contribution is 1.75. The van der Waals surface area contributed by atoms with E-state index in [1.807, 2.05) is 0 Å². The molecule has 0 unspecified atom stereocenters. The van der Waals surface area contributed by atoms with Crippen LogP contribution in [0.1, 0.15) is 0 Å². The summed E-state index contributed by atoms with van der Waals surface area (Å²) in [5.74, 6) is 4.37. The first-order chi connectivity index (χ1) is 3.50. The van der Waals surface area contributed by atoms with E-state index < -0.39 is 15.3 Å². The van der Waals surface area contributed by atoms with Crippen LogP contribution >= 0.6 is 0 Å². The summed E-state index contributed by atoms with van der Waals surface area (Å²) >= 11 is 0. The molecule has 0 spiro atoms. The summed E-state index contributed by atoms with van der Waals surface area (Å²) in [7, 11) is -4.07. The molecule has 0 aliphatic heterocycles. The highest BCUT2D eigenvalue weighted by Gasteiger charge is 2.13. The Balaban J connectivity index is 4.42. The van der Waals surface area contributed by atoms with Gasteiger partial charge in [0.25, 0.3) is 0 Å². The van der Waals surface area contributed by atoms with Crippen LogP contribution in [-0.2, 0) is 10.0 Å². The lowest BCUT2D eigenvalue weighted by atomic mass is 11.5. The molecule has 0 bridgehead atoms. The lowest BCUT2D eigenvalue weighted by molar-refractivity contribution is 0.265. The molecule has 0 heterocycles. The second kappa shape index (κ2) is 2.07. The van der Waals surface area contributed by atoms with Crippen LogP contribution in [0.25, 0.3) is 0 Å². The Morgan fingerprint density at radius 1 is 1.50 bits per heavy atom. The largest absolute Gasteiger partial charge is 0.355 e. The number of carbonyl (C=O) groups excluding carboxylic acids is 1. The number of nitrogens with one attached hydrogen (secondary N) is 1. The van der Waals surface area contributed by atoms with Crippen molar-refractivity contribution in [3.05, 3.63) is 0 Å². The van der Waals surface area contributed by atoms with Gasteiger partial charge in [0.05, 0.1) is 0 Å². The maximum atomic E-state index is 9.99. The van der Waals surface area contributed by atoms with Gasteiger partial charge in [0, 0.05) is 0 Å². The normalized spacial score (nSPS) is 11.1. The van der Waals surface area contributed by atoms with Crippen molar-refractivity contribution >= 4 is 15.3 Å². The molecular weight excluding hydrogens is 134 g/mol. The van der Waals surface area contributed by atoms with Crippen LogP contribution < -0.4 is 16.4 Å². The van der Waals surface area contributed by atoms with Crippen molar-refractivity contribution in [2.24, 2.45) is 11.6 Å². The number of carbonyl (C=O) groups is 1. The van der Waals surface area contributed by atoms with Crippen LogP contribution in [0.4, 0.5) is 4.79 Å². The first kappa shape index (κ1) is 7.34. The standard InChI is InChI=1S/CH5N3O3S/c2-1(5)8(6,7)4-3/h4H,3H2,(H2,2,5). The number of nitrogens with two attached hydrogens (primary N) is 2. The predicted octanol–water partition coefficient (Wildman–Crippen LogP) is -2.14. The van der Waals surface area contributed by atoms with Gasteiger partial charge in [-0.25, -0.2) is 8.42 Å². The van der Waals surface area contributed by atoms with Crippen LogP contribution in [0.3, 0.4) is 0 Å². The van der Waals surface area contributed by atoms with Crippen molar-refractivity contribution in [1.82, 2.24) is 4.83 Å². The molecule has 48 valence electrons. The fraction of sp³-hybridized carbons (Fsp3) is 0. The maximum Gasteiger partial charge on any atom is 0.350 e. The first-order valence-electron chi connectivity index (χ1n) is 1.52. The van der Waals surface area contributed by atoms with Gasteiger partial charge in [-0.15, -0.1) is 4.83 Å². The van der Waals surface area contributed by atoms with Gasteiger partial charge in [-0.05, 0) is 0 Å². The lowest BCUT2D eigenvalue weighted by Crippen LogP contribution is -2.38. The molecular formula is CH5N3O3S. The van der Waals surface area contributed by atoms with Crippen LogP contribution in [0.5, 0.6) is 0 Å². The minimum atomic E-state index is -4.07. The number of primary amides is 1. The highest BCUT2D eigenvalue weighted by atomic mass is 32.2. The molecule has 0 radical (unpaired) electrons. The zero-order valence-electron chi connectivity index (χ0n) is 3.79. The van der Waals surface area contributed by atoms with Crippen LogP contribution in [0, 0.1) is 0 Å². The van der Waals surface area contributed by atoms with Gasteiger partial charge in [-0.2, -0.15) is 0 Å². The van der Waals surface area contributed by atoms with E-state index in [2.05, 4.69) is 11.6 Å². The highest BCUT2D eigenvalue weighted by molar-refractivity contribution is 8.04. The quantitative estimate of drug-likeness (QED) is 0.284. The number of hydrazine groups is 1. The van der Waals surface area contributed by atoms with E-state index in [1.54, 1.807) is 0 Å². The molecule has 0 rings (SSSR count). The molecule has 0 aromatic rings. The van der Waals surface area contributed by atoms with E-state index in [9.17, 15) is 13.2 Å². The SMILES string of the molecule is NNS(=O)(=O)C(N)=O. The van der Waals surface area contributed by atoms with Gasteiger partial charge >= 0.3 is 15.3 Å². The van der Waals surface area contributed by atoms with Crippen molar-refractivity contribution in [3.8, 4) is 0 Å². The summed E-state index contributed by atoms with van der Waals surface area (Å²) in [6.45, 7) is 0. The van der Waals surface area contributed by atoms with Crippen LogP contribution in [0.2, 0.25) is 0 Å². The monoisotopic (exact) mass is 139 g/mol. The second-order valence-corrected chi connectivity index (χ2v) is 2.59. The minimum Gasteiger partial charge on any atom is -0.355 e.